The molecule has 0 spiro atoms. The van der Waals surface area contributed by atoms with Gasteiger partial charge in [-0.1, -0.05) is 24.3 Å². The Morgan fingerprint density at radius 1 is 1.02 bits per heavy atom. The third-order valence-corrected chi connectivity index (χ3v) is 7.21. The van der Waals surface area contributed by atoms with E-state index in [0.29, 0.717) is 65.2 Å². The molecule has 1 aliphatic heterocycles. The van der Waals surface area contributed by atoms with E-state index in [0.717, 1.165) is 30.3 Å². The molecule has 4 aromatic heterocycles. The first-order chi connectivity index (χ1) is 19.4. The van der Waals surface area contributed by atoms with Gasteiger partial charge in [-0.05, 0) is 24.5 Å². The van der Waals surface area contributed by atoms with Gasteiger partial charge in [-0.15, -0.1) is 0 Å². The highest BCUT2D eigenvalue weighted by Gasteiger charge is 2.37. The lowest BCUT2D eigenvalue weighted by molar-refractivity contribution is -0.141. The quantitative estimate of drug-likeness (QED) is 0.259. The minimum absolute atomic E-state index is 0.171. The Morgan fingerprint density at radius 3 is 2.50 bits per heavy atom. The van der Waals surface area contributed by atoms with Crippen LogP contribution in [0.5, 0.6) is 5.88 Å². The highest BCUT2D eigenvalue weighted by Crippen LogP contribution is 2.46. The zero-order chi connectivity index (χ0) is 27.4. The summed E-state index contributed by atoms with van der Waals surface area (Å²) in [6.07, 6.45) is 2.22. The minimum atomic E-state index is -4.53. The van der Waals surface area contributed by atoms with Crippen LogP contribution in [0.2, 0.25) is 0 Å². The Balaban J connectivity index is 1.20. The second-order valence-corrected chi connectivity index (χ2v) is 9.96. The predicted molar refractivity (Wildman–Crippen MR) is 137 cm³/mol. The summed E-state index contributed by atoms with van der Waals surface area (Å²) in [5, 5.41) is 0. The van der Waals surface area contributed by atoms with Crippen molar-refractivity contribution in [1.82, 2.24) is 29.5 Å². The average Bonchev–Trinajstić information content (AvgIpc) is 3.52. The van der Waals surface area contributed by atoms with Gasteiger partial charge < -0.3 is 18.5 Å². The molecule has 5 aromatic rings. The number of nitrogens with zero attached hydrogens (tertiary/aromatic N) is 6. The van der Waals surface area contributed by atoms with Crippen molar-refractivity contribution in [2.24, 2.45) is 0 Å². The lowest BCUT2D eigenvalue weighted by Gasteiger charge is -2.28. The first kappa shape index (κ1) is 24.7. The van der Waals surface area contributed by atoms with E-state index in [1.807, 2.05) is 12.1 Å². The van der Waals surface area contributed by atoms with Crippen LogP contribution in [0.1, 0.15) is 47.4 Å². The fourth-order valence-electron chi connectivity index (χ4n) is 4.92. The molecule has 1 aliphatic carbocycles. The van der Waals surface area contributed by atoms with Gasteiger partial charge in [0.05, 0.1) is 37.8 Å². The molecule has 1 aromatic carbocycles. The van der Waals surface area contributed by atoms with E-state index in [4.69, 9.17) is 18.9 Å². The molecule has 5 heterocycles. The summed E-state index contributed by atoms with van der Waals surface area (Å²) in [4.78, 5) is 21.9. The van der Waals surface area contributed by atoms with Crippen molar-refractivity contribution < 1.29 is 27.1 Å². The van der Waals surface area contributed by atoms with Crippen LogP contribution in [-0.4, -0.2) is 49.8 Å². The van der Waals surface area contributed by atoms with Crippen LogP contribution in [0.25, 0.3) is 33.9 Å². The fraction of sp³-hybridized carbons (Fsp3) is 0.321. The number of aromatic nitrogens is 6. The summed E-state index contributed by atoms with van der Waals surface area (Å²) in [6.45, 7) is 0.716. The van der Waals surface area contributed by atoms with Gasteiger partial charge in [0.15, 0.2) is 11.3 Å². The van der Waals surface area contributed by atoms with E-state index >= 15 is 0 Å². The summed E-state index contributed by atoms with van der Waals surface area (Å²) in [5.74, 6) is 1.38. The van der Waals surface area contributed by atoms with Gasteiger partial charge in [-0.3, -0.25) is 4.98 Å². The van der Waals surface area contributed by atoms with E-state index in [-0.39, 0.29) is 11.9 Å². The highest BCUT2D eigenvalue weighted by atomic mass is 19.4. The Bertz CT molecular complexity index is 1710. The van der Waals surface area contributed by atoms with Crippen LogP contribution < -0.4 is 4.74 Å². The summed E-state index contributed by atoms with van der Waals surface area (Å²) in [5.41, 5.74) is 3.97. The third-order valence-electron chi connectivity index (χ3n) is 7.21. The summed E-state index contributed by atoms with van der Waals surface area (Å²) >= 11 is 0. The number of ether oxygens (including phenoxy) is 2. The number of benzene rings is 1. The van der Waals surface area contributed by atoms with Gasteiger partial charge in [0.1, 0.15) is 23.2 Å². The van der Waals surface area contributed by atoms with Gasteiger partial charge in [0.2, 0.25) is 11.8 Å². The molecule has 2 aliphatic rings. The van der Waals surface area contributed by atoms with Gasteiger partial charge >= 0.3 is 6.18 Å². The molecule has 9 nitrogen and oxygen atoms in total. The van der Waals surface area contributed by atoms with Crippen molar-refractivity contribution in [3.05, 3.63) is 71.7 Å². The summed E-state index contributed by atoms with van der Waals surface area (Å²) in [7, 11) is 1.55. The predicted octanol–water partition coefficient (Wildman–Crippen LogP) is 5.61. The van der Waals surface area contributed by atoms with Crippen LogP contribution in [0.4, 0.5) is 13.2 Å². The molecule has 12 heteroatoms. The second kappa shape index (κ2) is 9.40. The zero-order valence-corrected chi connectivity index (χ0v) is 21.4. The van der Waals surface area contributed by atoms with Crippen LogP contribution in [0.3, 0.4) is 0 Å². The van der Waals surface area contributed by atoms with Crippen molar-refractivity contribution in [1.29, 1.82) is 0 Å². The number of alkyl halides is 3. The highest BCUT2D eigenvalue weighted by molar-refractivity contribution is 5.80. The van der Waals surface area contributed by atoms with Gasteiger partial charge in [-0.25, -0.2) is 19.9 Å². The maximum Gasteiger partial charge on any atom is 0.434 e. The number of rotatable bonds is 7. The molecule has 204 valence electrons. The smallest absolute Gasteiger partial charge is 0.434 e. The molecule has 0 N–H and O–H groups in total. The van der Waals surface area contributed by atoms with Gasteiger partial charge in [0, 0.05) is 30.3 Å². The zero-order valence-electron chi connectivity index (χ0n) is 21.4. The molecule has 1 saturated carbocycles. The van der Waals surface area contributed by atoms with Crippen LogP contribution in [0, 0.1) is 0 Å². The normalized spacial score (nSPS) is 15.9. The number of pyridine rings is 1. The molecule has 0 amide bonds. The van der Waals surface area contributed by atoms with Gasteiger partial charge in [0.25, 0.3) is 0 Å². The van der Waals surface area contributed by atoms with Crippen LogP contribution in [-0.2, 0) is 17.3 Å². The molecule has 0 unspecified atom stereocenters. The van der Waals surface area contributed by atoms with Crippen molar-refractivity contribution in [3.8, 4) is 28.7 Å². The lowest BCUT2D eigenvalue weighted by atomic mass is 10.1. The average molecular weight is 549 g/mol. The second-order valence-electron chi connectivity index (χ2n) is 9.96. The largest absolute Gasteiger partial charge is 0.480 e. The number of methoxy groups -OCH3 is 1. The molecule has 40 heavy (non-hydrogen) atoms. The molecule has 0 atom stereocenters. The van der Waals surface area contributed by atoms with E-state index < -0.39 is 11.9 Å². The van der Waals surface area contributed by atoms with E-state index in [1.165, 1.54) is 6.33 Å². The van der Waals surface area contributed by atoms with Crippen molar-refractivity contribution >= 4 is 11.1 Å². The maximum absolute atomic E-state index is 13.4. The summed E-state index contributed by atoms with van der Waals surface area (Å²) in [6, 6.07) is 8.87. The summed E-state index contributed by atoms with van der Waals surface area (Å²) < 4.78 is 58.7. The van der Waals surface area contributed by atoms with Crippen molar-refractivity contribution in [2.75, 3.05) is 20.3 Å². The topological polar surface area (TPSA) is 101 Å². The molecule has 7 rings (SSSR count). The molecule has 0 radical (unpaired) electrons. The first-order valence-electron chi connectivity index (χ1n) is 12.9. The Morgan fingerprint density at radius 2 is 1.82 bits per heavy atom. The molecular weight excluding hydrogens is 525 g/mol. The van der Waals surface area contributed by atoms with Crippen molar-refractivity contribution in [3.63, 3.8) is 0 Å². The first-order valence-corrected chi connectivity index (χ1v) is 12.9. The number of fused-ring (bicyclic) bond motifs is 1. The SMILES string of the molecule is COc1ncnc(C2CC2)c1-c1nc2ccnc(Cc3ccc(-c4nc(C(F)(F)F)cn4C4COC4)cc3)c2o1. The Labute approximate surface area is 226 Å². The van der Waals surface area contributed by atoms with E-state index in [1.54, 1.807) is 36.1 Å². The number of imidazole rings is 1. The van der Waals surface area contributed by atoms with Crippen LogP contribution in [0.15, 0.2) is 53.5 Å². The molecule has 0 bridgehead atoms. The molecule has 2 fully saturated rings. The number of oxazole rings is 1. The standard InChI is InChI=1S/C28H23F3N6O3/c1-38-26-22(23(16-6-7-16)33-14-34-26)27-35-19-8-9-32-20(24(19)40-27)10-15-2-4-17(5-3-15)25-36-21(28(29,30)31)11-37(25)18-12-39-13-18/h2-5,8-9,11,14,16,18H,6-7,10,12-13H2,1H3. The number of hydrogen-bond donors (Lipinski definition) is 0. The maximum atomic E-state index is 13.4. The fourth-order valence-corrected chi connectivity index (χ4v) is 4.92. The number of hydrogen-bond acceptors (Lipinski definition) is 8. The molecule has 1 saturated heterocycles. The number of halogens is 3. The third kappa shape index (κ3) is 4.37. The Hall–Kier alpha value is -4.32. The van der Waals surface area contributed by atoms with E-state index in [2.05, 4.69) is 19.9 Å². The monoisotopic (exact) mass is 548 g/mol. The molecular formula is C28H23F3N6O3. The lowest BCUT2D eigenvalue weighted by Crippen LogP contribution is -2.30. The van der Waals surface area contributed by atoms with Crippen LogP contribution >= 0.6 is 0 Å². The van der Waals surface area contributed by atoms with Gasteiger partial charge in [-0.2, -0.15) is 13.2 Å². The minimum Gasteiger partial charge on any atom is -0.480 e. The Kier molecular flexibility index (Phi) is 5.81. The van der Waals surface area contributed by atoms with Crippen molar-refractivity contribution in [2.45, 2.75) is 37.4 Å². The van der Waals surface area contributed by atoms with E-state index in [9.17, 15) is 13.2 Å².